The minimum Gasteiger partial charge on any atom is -0.508 e. The molecule has 2 amide bonds. The number of piperazine rings is 1. The smallest absolute Gasteiger partial charge is 0.415 e. The Morgan fingerprint density at radius 2 is 1.62 bits per heavy atom. The Labute approximate surface area is 219 Å². The van der Waals surface area contributed by atoms with Gasteiger partial charge in [0.2, 0.25) is 0 Å². The topological polar surface area (TPSA) is 76.6 Å². The number of fused-ring (bicyclic) bond motifs is 1. The Kier molecular flexibility index (Phi) is 7.40. The first-order chi connectivity index (χ1) is 17.8. The van der Waals surface area contributed by atoms with Gasteiger partial charge in [0, 0.05) is 65.0 Å². The Bertz CT molecular complexity index is 1170. The molecule has 0 unspecified atom stereocenters. The van der Waals surface area contributed by atoms with E-state index in [1.807, 2.05) is 13.8 Å². The van der Waals surface area contributed by atoms with E-state index in [0.29, 0.717) is 37.3 Å². The molecule has 1 N–H and O–H groups in total. The monoisotopic (exact) mass is 506 g/mol. The van der Waals surface area contributed by atoms with Crippen molar-refractivity contribution in [3.8, 4) is 11.5 Å². The van der Waals surface area contributed by atoms with Crippen LogP contribution in [0.4, 0.5) is 4.79 Å². The van der Waals surface area contributed by atoms with Gasteiger partial charge in [-0.2, -0.15) is 0 Å². The molecule has 3 aliphatic heterocycles. The van der Waals surface area contributed by atoms with Gasteiger partial charge in [0.25, 0.3) is 5.91 Å². The molecule has 2 saturated heterocycles. The zero-order valence-corrected chi connectivity index (χ0v) is 22.2. The summed E-state index contributed by atoms with van der Waals surface area (Å²) in [7, 11) is 2.16. The number of phenolic OH excluding ortho intramolecular Hbond substituents is 1. The minimum absolute atomic E-state index is 0.0165. The maximum absolute atomic E-state index is 13.8. The van der Waals surface area contributed by atoms with E-state index < -0.39 is 6.09 Å². The van der Waals surface area contributed by atoms with Crippen LogP contribution in [-0.4, -0.2) is 83.0 Å². The molecule has 0 saturated carbocycles. The number of ether oxygens (including phenoxy) is 1. The molecule has 0 spiro atoms. The first kappa shape index (κ1) is 25.5. The van der Waals surface area contributed by atoms with Crippen LogP contribution in [0.15, 0.2) is 30.3 Å². The van der Waals surface area contributed by atoms with E-state index in [1.165, 1.54) is 17.2 Å². The van der Waals surface area contributed by atoms with Crippen LogP contribution < -0.4 is 4.74 Å². The lowest BCUT2D eigenvalue weighted by molar-refractivity contribution is 0.0747. The van der Waals surface area contributed by atoms with Crippen LogP contribution in [0.3, 0.4) is 0 Å². The molecule has 3 heterocycles. The van der Waals surface area contributed by atoms with Crippen molar-refractivity contribution >= 4 is 12.0 Å². The van der Waals surface area contributed by atoms with Crippen molar-refractivity contribution in [2.75, 3.05) is 46.3 Å². The normalized spacial score (nSPS) is 18.5. The third-order valence-electron chi connectivity index (χ3n) is 7.83. The predicted molar refractivity (Wildman–Crippen MR) is 142 cm³/mol. The van der Waals surface area contributed by atoms with Crippen LogP contribution in [0.25, 0.3) is 0 Å². The number of hydrogen-bond donors (Lipinski definition) is 1. The average molecular weight is 507 g/mol. The molecule has 2 aromatic carbocycles. The lowest BCUT2D eigenvalue weighted by Crippen LogP contribution is -2.43. The van der Waals surface area contributed by atoms with Crippen LogP contribution in [0.5, 0.6) is 11.5 Å². The molecular formula is C29H38N4O4. The van der Waals surface area contributed by atoms with E-state index in [2.05, 4.69) is 35.0 Å². The lowest BCUT2D eigenvalue weighted by Gasteiger charge is -2.32. The number of rotatable bonds is 5. The third kappa shape index (κ3) is 5.60. The Morgan fingerprint density at radius 1 is 0.919 bits per heavy atom. The largest absolute Gasteiger partial charge is 0.508 e. The molecule has 2 aromatic rings. The molecule has 3 aliphatic rings. The summed E-state index contributed by atoms with van der Waals surface area (Å²) in [6.07, 6.45) is 1.42. The summed E-state index contributed by atoms with van der Waals surface area (Å²) >= 11 is 0. The number of likely N-dealkylation sites (tertiary alicyclic amines) is 1. The summed E-state index contributed by atoms with van der Waals surface area (Å²) in [4.78, 5) is 34.8. The third-order valence-corrected chi connectivity index (χ3v) is 7.83. The van der Waals surface area contributed by atoms with Gasteiger partial charge >= 0.3 is 6.09 Å². The van der Waals surface area contributed by atoms with Gasteiger partial charge in [0.1, 0.15) is 11.5 Å². The fourth-order valence-electron chi connectivity index (χ4n) is 5.48. The summed E-state index contributed by atoms with van der Waals surface area (Å²) in [5.41, 5.74) is 4.56. The van der Waals surface area contributed by atoms with E-state index in [0.717, 1.165) is 51.1 Å². The molecule has 0 radical (unpaired) electrons. The van der Waals surface area contributed by atoms with Crippen LogP contribution >= 0.6 is 0 Å². The number of aromatic hydroxyl groups is 1. The molecule has 8 heteroatoms. The molecule has 0 aromatic heterocycles. The van der Waals surface area contributed by atoms with Crippen molar-refractivity contribution in [1.29, 1.82) is 0 Å². The standard InChI is InChI=1S/C29H38N4O4/c1-20(2)24-15-25(27(16-26(24)34)37-29(36)32-8-4-5-9-32)28(35)33-18-22-7-6-21(14-23(22)19-33)17-31-12-10-30(3)11-13-31/h6-7,14-16,20,34H,4-5,8-13,17-19H2,1-3H3. The van der Waals surface area contributed by atoms with E-state index >= 15 is 0 Å². The fraction of sp³-hybridized carbons (Fsp3) is 0.517. The van der Waals surface area contributed by atoms with Crippen LogP contribution in [-0.2, 0) is 19.6 Å². The first-order valence-electron chi connectivity index (χ1n) is 13.4. The number of amides is 2. The number of phenols is 1. The van der Waals surface area contributed by atoms with E-state index in [9.17, 15) is 14.7 Å². The second-order valence-electron chi connectivity index (χ2n) is 11.0. The van der Waals surface area contributed by atoms with Gasteiger partial charge in [-0.1, -0.05) is 32.0 Å². The number of hydrogen-bond acceptors (Lipinski definition) is 6. The van der Waals surface area contributed by atoms with E-state index in [-0.39, 0.29) is 23.3 Å². The fourth-order valence-corrected chi connectivity index (χ4v) is 5.48. The van der Waals surface area contributed by atoms with Crippen LogP contribution in [0, 0.1) is 0 Å². The molecule has 37 heavy (non-hydrogen) atoms. The average Bonchev–Trinajstić information content (AvgIpc) is 3.55. The predicted octanol–water partition coefficient (Wildman–Crippen LogP) is 4.01. The molecule has 0 atom stereocenters. The van der Waals surface area contributed by atoms with E-state index in [4.69, 9.17) is 4.74 Å². The number of likely N-dealkylation sites (N-methyl/N-ethyl adjacent to an activating group) is 1. The number of carbonyl (C=O) groups is 2. The van der Waals surface area contributed by atoms with Crippen molar-refractivity contribution in [3.05, 3.63) is 58.1 Å². The van der Waals surface area contributed by atoms with Gasteiger partial charge in [0.05, 0.1) is 5.56 Å². The molecule has 5 rings (SSSR count). The zero-order valence-electron chi connectivity index (χ0n) is 22.2. The van der Waals surface area contributed by atoms with Gasteiger partial charge in [-0.15, -0.1) is 0 Å². The molecular weight excluding hydrogens is 468 g/mol. The highest BCUT2D eigenvalue weighted by molar-refractivity contribution is 5.98. The second-order valence-corrected chi connectivity index (χ2v) is 11.0. The number of benzene rings is 2. The van der Waals surface area contributed by atoms with E-state index in [1.54, 1.807) is 15.9 Å². The maximum atomic E-state index is 13.8. The van der Waals surface area contributed by atoms with Crippen LogP contribution in [0.1, 0.15) is 65.2 Å². The van der Waals surface area contributed by atoms with Gasteiger partial charge in [-0.05, 0) is 54.1 Å². The lowest BCUT2D eigenvalue weighted by atomic mass is 9.98. The molecule has 2 fully saturated rings. The summed E-state index contributed by atoms with van der Waals surface area (Å²) in [6.45, 7) is 11.5. The minimum atomic E-state index is -0.471. The SMILES string of the molecule is CC(C)c1cc(C(=O)N2Cc3ccc(CN4CCN(C)CC4)cc3C2)c(OC(=O)N2CCCC2)cc1O. The number of carbonyl (C=O) groups excluding carboxylic acids is 2. The second kappa shape index (κ2) is 10.7. The highest BCUT2D eigenvalue weighted by Gasteiger charge is 2.30. The quantitative estimate of drug-likeness (QED) is 0.660. The summed E-state index contributed by atoms with van der Waals surface area (Å²) in [6, 6.07) is 9.65. The van der Waals surface area contributed by atoms with Gasteiger partial charge in [0.15, 0.2) is 0 Å². The molecule has 0 bridgehead atoms. The first-order valence-corrected chi connectivity index (χ1v) is 13.4. The maximum Gasteiger partial charge on any atom is 0.415 e. The van der Waals surface area contributed by atoms with Crippen LogP contribution in [0.2, 0.25) is 0 Å². The summed E-state index contributed by atoms with van der Waals surface area (Å²) < 4.78 is 5.68. The van der Waals surface area contributed by atoms with Gasteiger partial charge in [-0.3, -0.25) is 9.69 Å². The highest BCUT2D eigenvalue weighted by atomic mass is 16.6. The Morgan fingerprint density at radius 3 is 2.32 bits per heavy atom. The molecule has 198 valence electrons. The van der Waals surface area contributed by atoms with Gasteiger partial charge < -0.3 is 24.5 Å². The molecule has 0 aliphatic carbocycles. The van der Waals surface area contributed by atoms with Crippen molar-refractivity contribution < 1.29 is 19.4 Å². The Balaban J connectivity index is 1.34. The highest BCUT2D eigenvalue weighted by Crippen LogP contribution is 2.36. The van der Waals surface area contributed by atoms with Crippen molar-refractivity contribution in [2.24, 2.45) is 0 Å². The summed E-state index contributed by atoms with van der Waals surface area (Å²) in [5.74, 6) is -0.0183. The van der Waals surface area contributed by atoms with Crippen molar-refractivity contribution in [3.63, 3.8) is 0 Å². The summed E-state index contributed by atoms with van der Waals surface area (Å²) in [5, 5.41) is 10.6. The number of nitrogens with zero attached hydrogens (tertiary/aromatic N) is 4. The molecule has 8 nitrogen and oxygen atoms in total. The van der Waals surface area contributed by atoms with Crippen molar-refractivity contribution in [1.82, 2.24) is 19.6 Å². The van der Waals surface area contributed by atoms with Gasteiger partial charge in [-0.25, -0.2) is 4.79 Å². The Hall–Kier alpha value is -3.10. The zero-order chi connectivity index (χ0) is 26.1. The van der Waals surface area contributed by atoms with Crippen molar-refractivity contribution in [2.45, 2.75) is 52.2 Å².